The predicted molar refractivity (Wildman–Crippen MR) is 69.2 cm³/mol. The number of nitrogens with zero attached hydrogens (tertiary/aromatic N) is 1. The predicted octanol–water partition coefficient (Wildman–Crippen LogP) is 3.10. The standard InChI is InChI=1S/C14H15FN2O/c15-12-5-7-13(8-6-12)18-11-3-10-17-14-4-1-2-9-16-14/h1-2,4-9H,3,10-11H2,(H,16,17). The zero-order valence-electron chi connectivity index (χ0n) is 9.97. The third-order valence-electron chi connectivity index (χ3n) is 2.37. The molecular weight excluding hydrogens is 231 g/mol. The molecule has 3 nitrogen and oxygen atoms in total. The topological polar surface area (TPSA) is 34.1 Å². The normalized spacial score (nSPS) is 10.1. The molecule has 0 aliphatic rings. The highest BCUT2D eigenvalue weighted by Crippen LogP contribution is 2.11. The first-order valence-electron chi connectivity index (χ1n) is 5.88. The first-order chi connectivity index (χ1) is 8.84. The zero-order chi connectivity index (χ0) is 12.6. The van der Waals surface area contributed by atoms with E-state index in [1.807, 2.05) is 18.2 Å². The Morgan fingerprint density at radius 2 is 1.94 bits per heavy atom. The van der Waals surface area contributed by atoms with E-state index in [4.69, 9.17) is 4.74 Å². The van der Waals surface area contributed by atoms with Gasteiger partial charge in [0.05, 0.1) is 6.61 Å². The minimum absolute atomic E-state index is 0.251. The van der Waals surface area contributed by atoms with Crippen LogP contribution in [-0.2, 0) is 0 Å². The smallest absolute Gasteiger partial charge is 0.125 e. The molecule has 2 rings (SSSR count). The van der Waals surface area contributed by atoms with Crippen LogP contribution in [0.25, 0.3) is 0 Å². The van der Waals surface area contributed by atoms with Gasteiger partial charge >= 0.3 is 0 Å². The number of nitrogens with one attached hydrogen (secondary N) is 1. The summed E-state index contributed by atoms with van der Waals surface area (Å²) in [5.41, 5.74) is 0. The molecular formula is C14H15FN2O. The molecule has 18 heavy (non-hydrogen) atoms. The van der Waals surface area contributed by atoms with Crippen molar-refractivity contribution in [1.29, 1.82) is 0 Å². The number of aromatic nitrogens is 1. The van der Waals surface area contributed by atoms with Gasteiger partial charge in [-0.2, -0.15) is 0 Å². The van der Waals surface area contributed by atoms with Gasteiger partial charge in [0, 0.05) is 12.7 Å². The van der Waals surface area contributed by atoms with Crippen LogP contribution in [0.2, 0.25) is 0 Å². The van der Waals surface area contributed by atoms with Gasteiger partial charge in [-0.05, 0) is 42.8 Å². The summed E-state index contributed by atoms with van der Waals surface area (Å²) in [6.45, 7) is 1.38. The van der Waals surface area contributed by atoms with Crippen molar-refractivity contribution in [2.75, 3.05) is 18.5 Å². The Balaban J connectivity index is 1.63. The molecule has 0 aliphatic heterocycles. The van der Waals surface area contributed by atoms with Crippen LogP contribution in [0.3, 0.4) is 0 Å². The van der Waals surface area contributed by atoms with E-state index in [9.17, 15) is 4.39 Å². The van der Waals surface area contributed by atoms with Gasteiger partial charge in [0.15, 0.2) is 0 Å². The fraction of sp³-hybridized carbons (Fsp3) is 0.214. The number of hydrogen-bond donors (Lipinski definition) is 1. The molecule has 0 radical (unpaired) electrons. The molecule has 0 spiro atoms. The van der Waals surface area contributed by atoms with Gasteiger partial charge in [-0.3, -0.25) is 0 Å². The summed E-state index contributed by atoms with van der Waals surface area (Å²) in [7, 11) is 0. The lowest BCUT2D eigenvalue weighted by Gasteiger charge is -2.07. The molecule has 0 saturated heterocycles. The van der Waals surface area contributed by atoms with Crippen LogP contribution >= 0.6 is 0 Å². The van der Waals surface area contributed by atoms with Gasteiger partial charge < -0.3 is 10.1 Å². The Morgan fingerprint density at radius 1 is 1.11 bits per heavy atom. The second kappa shape index (κ2) is 6.59. The molecule has 0 unspecified atom stereocenters. The number of pyridine rings is 1. The molecule has 1 N–H and O–H groups in total. The van der Waals surface area contributed by atoms with E-state index in [0.717, 1.165) is 18.8 Å². The van der Waals surface area contributed by atoms with E-state index in [1.165, 1.54) is 12.1 Å². The quantitative estimate of drug-likeness (QED) is 0.795. The Kier molecular flexibility index (Phi) is 4.53. The SMILES string of the molecule is Fc1ccc(OCCCNc2ccccn2)cc1. The molecule has 0 bridgehead atoms. The first-order valence-corrected chi connectivity index (χ1v) is 5.88. The van der Waals surface area contributed by atoms with Gasteiger partial charge in [0.25, 0.3) is 0 Å². The Hall–Kier alpha value is -2.10. The summed E-state index contributed by atoms with van der Waals surface area (Å²) in [6.07, 6.45) is 2.60. The van der Waals surface area contributed by atoms with Gasteiger partial charge in [0.1, 0.15) is 17.4 Å². The molecule has 1 heterocycles. The highest BCUT2D eigenvalue weighted by molar-refractivity contribution is 5.32. The molecule has 4 heteroatoms. The molecule has 0 fully saturated rings. The number of halogens is 1. The first kappa shape index (κ1) is 12.4. The summed E-state index contributed by atoms with van der Waals surface area (Å²) in [6, 6.07) is 11.8. The number of anilines is 1. The lowest BCUT2D eigenvalue weighted by atomic mass is 10.3. The molecule has 2 aromatic rings. The van der Waals surface area contributed by atoms with Crippen LogP contribution in [0.5, 0.6) is 5.75 Å². The van der Waals surface area contributed by atoms with E-state index in [0.29, 0.717) is 12.4 Å². The lowest BCUT2D eigenvalue weighted by Crippen LogP contribution is -2.08. The van der Waals surface area contributed by atoms with E-state index in [1.54, 1.807) is 18.3 Å². The fourth-order valence-corrected chi connectivity index (χ4v) is 1.48. The zero-order valence-corrected chi connectivity index (χ0v) is 9.97. The third kappa shape index (κ3) is 4.05. The maximum absolute atomic E-state index is 12.6. The molecule has 0 atom stereocenters. The van der Waals surface area contributed by atoms with Gasteiger partial charge in [-0.25, -0.2) is 9.37 Å². The summed E-state index contributed by atoms with van der Waals surface area (Å²) in [5.74, 6) is 1.30. The minimum Gasteiger partial charge on any atom is -0.494 e. The van der Waals surface area contributed by atoms with Crippen molar-refractivity contribution in [1.82, 2.24) is 4.98 Å². The van der Waals surface area contributed by atoms with Crippen molar-refractivity contribution in [2.24, 2.45) is 0 Å². The van der Waals surface area contributed by atoms with Crippen LogP contribution in [0.15, 0.2) is 48.7 Å². The third-order valence-corrected chi connectivity index (χ3v) is 2.37. The number of hydrogen-bond acceptors (Lipinski definition) is 3. The number of benzene rings is 1. The Bertz CT molecular complexity index is 459. The van der Waals surface area contributed by atoms with Crippen molar-refractivity contribution in [3.8, 4) is 5.75 Å². The van der Waals surface area contributed by atoms with Crippen molar-refractivity contribution in [3.63, 3.8) is 0 Å². The summed E-state index contributed by atoms with van der Waals surface area (Å²) < 4.78 is 18.1. The molecule has 0 saturated carbocycles. The van der Waals surface area contributed by atoms with Crippen LogP contribution in [0.4, 0.5) is 10.2 Å². The second-order valence-electron chi connectivity index (χ2n) is 3.80. The van der Waals surface area contributed by atoms with Crippen molar-refractivity contribution < 1.29 is 9.13 Å². The molecule has 94 valence electrons. The van der Waals surface area contributed by atoms with Gasteiger partial charge in [-0.15, -0.1) is 0 Å². The highest BCUT2D eigenvalue weighted by atomic mass is 19.1. The minimum atomic E-state index is -0.251. The average Bonchev–Trinajstić information content (AvgIpc) is 2.42. The van der Waals surface area contributed by atoms with Gasteiger partial charge in [0.2, 0.25) is 0 Å². The molecule has 1 aromatic heterocycles. The fourth-order valence-electron chi connectivity index (χ4n) is 1.48. The van der Waals surface area contributed by atoms with Crippen molar-refractivity contribution in [3.05, 3.63) is 54.5 Å². The summed E-state index contributed by atoms with van der Waals surface area (Å²) >= 11 is 0. The lowest BCUT2D eigenvalue weighted by molar-refractivity contribution is 0.314. The van der Waals surface area contributed by atoms with Crippen LogP contribution < -0.4 is 10.1 Å². The van der Waals surface area contributed by atoms with E-state index < -0.39 is 0 Å². The Labute approximate surface area is 106 Å². The monoisotopic (exact) mass is 246 g/mol. The van der Waals surface area contributed by atoms with Crippen molar-refractivity contribution >= 4 is 5.82 Å². The summed E-state index contributed by atoms with van der Waals surface area (Å²) in [4.78, 5) is 4.15. The summed E-state index contributed by atoms with van der Waals surface area (Å²) in [5, 5.41) is 3.19. The number of rotatable bonds is 6. The van der Waals surface area contributed by atoms with E-state index in [2.05, 4.69) is 10.3 Å². The van der Waals surface area contributed by atoms with E-state index in [-0.39, 0.29) is 5.82 Å². The number of ether oxygens (including phenoxy) is 1. The largest absolute Gasteiger partial charge is 0.494 e. The van der Waals surface area contributed by atoms with Gasteiger partial charge in [-0.1, -0.05) is 6.07 Å². The maximum Gasteiger partial charge on any atom is 0.125 e. The van der Waals surface area contributed by atoms with E-state index >= 15 is 0 Å². The molecule has 1 aromatic carbocycles. The van der Waals surface area contributed by atoms with Crippen LogP contribution in [0, 0.1) is 5.82 Å². The van der Waals surface area contributed by atoms with Crippen LogP contribution in [-0.4, -0.2) is 18.1 Å². The molecule has 0 amide bonds. The molecule has 0 aliphatic carbocycles. The highest BCUT2D eigenvalue weighted by Gasteiger charge is 1.95. The van der Waals surface area contributed by atoms with Crippen molar-refractivity contribution in [2.45, 2.75) is 6.42 Å². The maximum atomic E-state index is 12.6. The van der Waals surface area contributed by atoms with Crippen LogP contribution in [0.1, 0.15) is 6.42 Å². The Morgan fingerprint density at radius 3 is 2.67 bits per heavy atom. The second-order valence-corrected chi connectivity index (χ2v) is 3.80. The average molecular weight is 246 g/mol.